The maximum atomic E-state index is 10.2. The van der Waals surface area contributed by atoms with E-state index in [0.29, 0.717) is 6.42 Å². The molecule has 0 unspecified atom stereocenters. The van der Waals surface area contributed by atoms with Crippen LogP contribution in [0.2, 0.25) is 0 Å². The molecule has 0 radical (unpaired) electrons. The number of aliphatic carboxylic acids is 1. The molecule has 0 aliphatic carbocycles. The van der Waals surface area contributed by atoms with Gasteiger partial charge in [0.2, 0.25) is 0 Å². The van der Waals surface area contributed by atoms with Crippen LogP contribution in [0.3, 0.4) is 0 Å². The Morgan fingerprint density at radius 2 is 2.47 bits per heavy atom. The molecule has 1 aromatic rings. The van der Waals surface area contributed by atoms with E-state index in [9.17, 15) is 4.79 Å². The van der Waals surface area contributed by atoms with E-state index >= 15 is 0 Å². The summed E-state index contributed by atoms with van der Waals surface area (Å²) in [7, 11) is 0. The Kier molecular flexibility index (Phi) is 8.90. The molecule has 1 aromatic heterocycles. The number of aromatic amines is 1. The zero-order valence-electron chi connectivity index (χ0n) is 8.72. The van der Waals surface area contributed by atoms with Crippen molar-refractivity contribution in [3.05, 3.63) is 18.7 Å². The molecule has 0 saturated heterocycles. The van der Waals surface area contributed by atoms with Gasteiger partial charge in [0, 0.05) is 12.4 Å². The van der Waals surface area contributed by atoms with Gasteiger partial charge in [-0.15, -0.1) is 0 Å². The average molecular weight is 231 g/mol. The van der Waals surface area contributed by atoms with Gasteiger partial charge in [-0.05, 0) is 17.9 Å². The molecule has 0 amide bonds. The number of carboxylic acid groups (broad SMARTS) is 1. The normalized spacial score (nSPS) is 11.3. The molecule has 0 spiro atoms. The van der Waals surface area contributed by atoms with E-state index in [1.807, 2.05) is 6.92 Å². The number of carbonyl (C=O) groups is 1. The van der Waals surface area contributed by atoms with Gasteiger partial charge in [0.1, 0.15) is 6.04 Å². The van der Waals surface area contributed by atoms with Gasteiger partial charge in [-0.3, -0.25) is 4.79 Å². The Balaban J connectivity index is 0.000000322. The van der Waals surface area contributed by atoms with Crippen LogP contribution in [0.25, 0.3) is 0 Å². The number of rotatable bonds is 5. The van der Waals surface area contributed by atoms with Crippen LogP contribution in [0.5, 0.6) is 0 Å². The highest BCUT2D eigenvalue weighted by atomic mass is 32.2. The maximum absolute atomic E-state index is 10.2. The van der Waals surface area contributed by atoms with Crippen LogP contribution in [0.4, 0.5) is 0 Å². The van der Waals surface area contributed by atoms with Crippen molar-refractivity contribution in [3.63, 3.8) is 0 Å². The van der Waals surface area contributed by atoms with Gasteiger partial charge in [-0.25, -0.2) is 4.98 Å². The SMILES string of the molecule is CCSCC[C@H](N)C(=O)O.c1c[nH]cn1. The Labute approximate surface area is 93.5 Å². The Bertz CT molecular complexity index is 224. The fourth-order valence-corrected chi connectivity index (χ4v) is 1.40. The third-order valence-electron chi connectivity index (χ3n) is 1.50. The minimum atomic E-state index is -0.906. The van der Waals surface area contributed by atoms with Crippen LogP contribution in [-0.4, -0.2) is 38.6 Å². The molecule has 1 rings (SSSR count). The first-order valence-electron chi connectivity index (χ1n) is 4.67. The van der Waals surface area contributed by atoms with Gasteiger partial charge < -0.3 is 15.8 Å². The summed E-state index contributed by atoms with van der Waals surface area (Å²) in [5, 5.41) is 8.35. The lowest BCUT2D eigenvalue weighted by atomic mass is 10.2. The summed E-state index contributed by atoms with van der Waals surface area (Å²) in [5.41, 5.74) is 5.24. The molecule has 0 aliphatic heterocycles. The second-order valence-electron chi connectivity index (χ2n) is 2.69. The number of hydrogen-bond acceptors (Lipinski definition) is 4. The molecule has 5 nitrogen and oxygen atoms in total. The molecule has 86 valence electrons. The molecule has 15 heavy (non-hydrogen) atoms. The second-order valence-corrected chi connectivity index (χ2v) is 4.08. The minimum absolute atomic E-state index is 0.563. The van der Waals surface area contributed by atoms with E-state index in [-0.39, 0.29) is 0 Å². The molecule has 0 saturated carbocycles. The lowest BCUT2D eigenvalue weighted by Crippen LogP contribution is -2.30. The summed E-state index contributed by atoms with van der Waals surface area (Å²) in [4.78, 5) is 16.6. The predicted molar refractivity (Wildman–Crippen MR) is 61.8 cm³/mol. The summed E-state index contributed by atoms with van der Waals surface area (Å²) in [5.74, 6) is 0.952. The van der Waals surface area contributed by atoms with Crippen molar-refractivity contribution >= 4 is 17.7 Å². The first-order valence-corrected chi connectivity index (χ1v) is 5.82. The maximum Gasteiger partial charge on any atom is 0.320 e. The highest BCUT2D eigenvalue weighted by molar-refractivity contribution is 7.99. The van der Waals surface area contributed by atoms with Gasteiger partial charge in [0.05, 0.1) is 6.33 Å². The minimum Gasteiger partial charge on any atom is -0.480 e. The summed E-state index contributed by atoms with van der Waals surface area (Å²) < 4.78 is 0. The van der Waals surface area contributed by atoms with Crippen LogP contribution in [0.1, 0.15) is 13.3 Å². The van der Waals surface area contributed by atoms with E-state index in [1.165, 1.54) is 0 Å². The van der Waals surface area contributed by atoms with Crippen LogP contribution in [0, 0.1) is 0 Å². The molecule has 6 heteroatoms. The van der Waals surface area contributed by atoms with Gasteiger partial charge >= 0.3 is 5.97 Å². The molecule has 4 N–H and O–H groups in total. The van der Waals surface area contributed by atoms with Crippen molar-refractivity contribution in [2.45, 2.75) is 19.4 Å². The number of imidazole rings is 1. The van der Waals surface area contributed by atoms with E-state index in [1.54, 1.807) is 30.5 Å². The molecule has 0 aliphatic rings. The van der Waals surface area contributed by atoms with Gasteiger partial charge in [-0.2, -0.15) is 11.8 Å². The lowest BCUT2D eigenvalue weighted by Gasteiger charge is -2.03. The van der Waals surface area contributed by atoms with Crippen molar-refractivity contribution in [1.29, 1.82) is 0 Å². The Hall–Kier alpha value is -1.01. The lowest BCUT2D eigenvalue weighted by molar-refractivity contribution is -0.138. The number of nitrogens with zero attached hydrogens (tertiary/aromatic N) is 1. The average Bonchev–Trinajstić information content (AvgIpc) is 2.75. The fraction of sp³-hybridized carbons (Fsp3) is 0.556. The van der Waals surface area contributed by atoms with Gasteiger partial charge in [-0.1, -0.05) is 6.92 Å². The fourth-order valence-electron chi connectivity index (χ4n) is 0.693. The monoisotopic (exact) mass is 231 g/mol. The van der Waals surface area contributed by atoms with Crippen LogP contribution in [-0.2, 0) is 4.79 Å². The van der Waals surface area contributed by atoms with Crippen LogP contribution < -0.4 is 5.73 Å². The standard InChI is InChI=1S/C6H13NO2S.C3H4N2/c1-2-10-4-3-5(7)6(8)9;1-2-5-3-4-1/h5H,2-4,7H2,1H3,(H,8,9);1-3H,(H,4,5)/t5-;/m0./s1. The number of nitrogens with two attached hydrogens (primary N) is 1. The van der Waals surface area contributed by atoms with Gasteiger partial charge in [0.25, 0.3) is 0 Å². The molecule has 0 fully saturated rings. The van der Waals surface area contributed by atoms with E-state index in [2.05, 4.69) is 9.97 Å². The molecule has 1 atom stereocenters. The zero-order chi connectivity index (χ0) is 11.5. The number of thioether (sulfide) groups is 1. The topological polar surface area (TPSA) is 92.0 Å². The van der Waals surface area contributed by atoms with Crippen molar-refractivity contribution in [3.8, 4) is 0 Å². The van der Waals surface area contributed by atoms with Crippen LogP contribution in [0.15, 0.2) is 18.7 Å². The van der Waals surface area contributed by atoms with Crippen molar-refractivity contribution in [2.75, 3.05) is 11.5 Å². The van der Waals surface area contributed by atoms with Crippen LogP contribution >= 0.6 is 11.8 Å². The number of aromatic nitrogens is 2. The smallest absolute Gasteiger partial charge is 0.320 e. The highest BCUT2D eigenvalue weighted by Crippen LogP contribution is 2.02. The van der Waals surface area contributed by atoms with Gasteiger partial charge in [0.15, 0.2) is 0 Å². The van der Waals surface area contributed by atoms with Crippen molar-refractivity contribution in [1.82, 2.24) is 9.97 Å². The summed E-state index contributed by atoms with van der Waals surface area (Å²) in [6.07, 6.45) is 5.65. The molecular formula is C9H17N3O2S. The first-order chi connectivity index (χ1) is 7.18. The van der Waals surface area contributed by atoms with E-state index in [0.717, 1.165) is 11.5 Å². The number of H-pyrrole nitrogens is 1. The number of hydrogen-bond donors (Lipinski definition) is 3. The predicted octanol–water partition coefficient (Wildman–Crippen LogP) is 0.951. The largest absolute Gasteiger partial charge is 0.480 e. The van der Waals surface area contributed by atoms with E-state index in [4.69, 9.17) is 10.8 Å². The molecule has 0 bridgehead atoms. The molecule has 1 heterocycles. The van der Waals surface area contributed by atoms with Crippen molar-refractivity contribution in [2.24, 2.45) is 5.73 Å². The number of carboxylic acids is 1. The Morgan fingerprint density at radius 3 is 2.80 bits per heavy atom. The third kappa shape index (κ3) is 9.30. The summed E-state index contributed by atoms with van der Waals surface area (Å²) in [6, 6.07) is -0.681. The summed E-state index contributed by atoms with van der Waals surface area (Å²) in [6.45, 7) is 2.04. The third-order valence-corrected chi connectivity index (χ3v) is 2.43. The number of nitrogens with one attached hydrogen (secondary N) is 1. The Morgan fingerprint density at radius 1 is 1.73 bits per heavy atom. The van der Waals surface area contributed by atoms with E-state index < -0.39 is 12.0 Å². The zero-order valence-corrected chi connectivity index (χ0v) is 9.54. The quantitative estimate of drug-likeness (QED) is 0.656. The van der Waals surface area contributed by atoms with Crippen molar-refractivity contribution < 1.29 is 9.90 Å². The highest BCUT2D eigenvalue weighted by Gasteiger charge is 2.09. The molecular weight excluding hydrogens is 214 g/mol. The first kappa shape index (κ1) is 14.0. The summed E-state index contributed by atoms with van der Waals surface area (Å²) >= 11 is 1.71. The second kappa shape index (κ2) is 9.54. The molecule has 0 aromatic carbocycles.